The van der Waals surface area contributed by atoms with E-state index in [1.54, 1.807) is 18.5 Å². The molecule has 0 bridgehead atoms. The molecule has 0 saturated carbocycles. The number of rotatable bonds is 3. The van der Waals surface area contributed by atoms with Crippen LogP contribution in [0.25, 0.3) is 16.9 Å². The van der Waals surface area contributed by atoms with E-state index in [2.05, 4.69) is 21.0 Å². The summed E-state index contributed by atoms with van der Waals surface area (Å²) in [6, 6.07) is 9.30. The van der Waals surface area contributed by atoms with E-state index in [0.717, 1.165) is 5.69 Å². The second-order valence-corrected chi connectivity index (χ2v) is 4.06. The molecular weight excluding hydrogens is 254 g/mol. The molecule has 0 aliphatic rings. The van der Waals surface area contributed by atoms with Crippen LogP contribution >= 0.6 is 0 Å². The van der Waals surface area contributed by atoms with Gasteiger partial charge in [0.1, 0.15) is 12.7 Å². The maximum absolute atomic E-state index is 8.82. The maximum atomic E-state index is 8.82. The molecular formula is C14H11N5O. The van der Waals surface area contributed by atoms with Crippen molar-refractivity contribution in [3.63, 3.8) is 0 Å². The largest absolute Gasteiger partial charge is 0.476 e. The van der Waals surface area contributed by atoms with E-state index in [9.17, 15) is 0 Å². The van der Waals surface area contributed by atoms with Crippen molar-refractivity contribution >= 4 is 11.2 Å². The Morgan fingerprint density at radius 3 is 2.70 bits per heavy atom. The average molecular weight is 265 g/mol. The maximum Gasteiger partial charge on any atom is 0.245 e. The highest BCUT2D eigenvalue weighted by atomic mass is 16.5. The summed E-state index contributed by atoms with van der Waals surface area (Å²) >= 11 is 0. The smallest absolute Gasteiger partial charge is 0.245 e. The summed E-state index contributed by atoms with van der Waals surface area (Å²) in [7, 11) is 0. The van der Waals surface area contributed by atoms with Gasteiger partial charge in [-0.3, -0.25) is 4.57 Å². The van der Waals surface area contributed by atoms with Crippen LogP contribution in [-0.2, 0) is 0 Å². The normalized spacial score (nSPS) is 10.4. The fourth-order valence-electron chi connectivity index (χ4n) is 1.94. The predicted octanol–water partition coefficient (Wildman–Crippen LogP) is 2.09. The first-order valence-corrected chi connectivity index (χ1v) is 6.15. The first-order chi connectivity index (χ1) is 9.83. The second-order valence-electron chi connectivity index (χ2n) is 4.06. The molecule has 98 valence electrons. The predicted molar refractivity (Wildman–Crippen MR) is 72.5 cm³/mol. The SMILES string of the molecule is CCOc1ncnc2c1ncn2-c1ccc(C#N)cc1. The molecule has 3 rings (SSSR count). The molecule has 0 aliphatic carbocycles. The highest BCUT2D eigenvalue weighted by Gasteiger charge is 2.11. The summed E-state index contributed by atoms with van der Waals surface area (Å²) < 4.78 is 7.27. The molecule has 0 saturated heterocycles. The quantitative estimate of drug-likeness (QED) is 0.724. The van der Waals surface area contributed by atoms with Crippen molar-refractivity contribution in [2.24, 2.45) is 0 Å². The van der Waals surface area contributed by atoms with E-state index in [-0.39, 0.29) is 0 Å². The number of nitrogens with zero attached hydrogens (tertiary/aromatic N) is 5. The first kappa shape index (κ1) is 12.1. The lowest BCUT2D eigenvalue weighted by molar-refractivity contribution is 0.330. The lowest BCUT2D eigenvalue weighted by atomic mass is 10.2. The fraction of sp³-hybridized carbons (Fsp3) is 0.143. The molecule has 2 aromatic heterocycles. The van der Waals surface area contributed by atoms with Gasteiger partial charge in [0, 0.05) is 5.69 Å². The van der Waals surface area contributed by atoms with Crippen LogP contribution < -0.4 is 4.74 Å². The van der Waals surface area contributed by atoms with E-state index >= 15 is 0 Å². The molecule has 3 aromatic rings. The zero-order valence-corrected chi connectivity index (χ0v) is 10.8. The number of nitriles is 1. The summed E-state index contributed by atoms with van der Waals surface area (Å²) in [6.45, 7) is 2.42. The number of imidazole rings is 1. The summed E-state index contributed by atoms with van der Waals surface area (Å²) in [6.07, 6.45) is 3.12. The van der Waals surface area contributed by atoms with Crippen LogP contribution in [0, 0.1) is 11.3 Å². The van der Waals surface area contributed by atoms with Crippen LogP contribution in [0.4, 0.5) is 0 Å². The topological polar surface area (TPSA) is 76.6 Å². The average Bonchev–Trinajstić information content (AvgIpc) is 2.93. The first-order valence-electron chi connectivity index (χ1n) is 6.15. The van der Waals surface area contributed by atoms with Gasteiger partial charge >= 0.3 is 0 Å². The zero-order chi connectivity index (χ0) is 13.9. The molecule has 0 unspecified atom stereocenters. The minimum atomic E-state index is 0.477. The molecule has 0 fully saturated rings. The van der Waals surface area contributed by atoms with E-state index in [0.29, 0.717) is 29.2 Å². The van der Waals surface area contributed by atoms with Crippen molar-refractivity contribution in [2.45, 2.75) is 6.92 Å². The number of benzene rings is 1. The van der Waals surface area contributed by atoms with Gasteiger partial charge in [-0.2, -0.15) is 10.2 Å². The van der Waals surface area contributed by atoms with Crippen molar-refractivity contribution in [1.82, 2.24) is 19.5 Å². The Balaban J connectivity index is 2.12. The van der Waals surface area contributed by atoms with Gasteiger partial charge in [-0.15, -0.1) is 0 Å². The van der Waals surface area contributed by atoms with Gasteiger partial charge < -0.3 is 4.74 Å². The summed E-state index contributed by atoms with van der Waals surface area (Å²) in [4.78, 5) is 12.6. The highest BCUT2D eigenvalue weighted by molar-refractivity contribution is 5.77. The Morgan fingerprint density at radius 1 is 1.20 bits per heavy atom. The third-order valence-electron chi connectivity index (χ3n) is 2.86. The van der Waals surface area contributed by atoms with Crippen LogP contribution in [-0.4, -0.2) is 26.1 Å². The Labute approximate surface area is 115 Å². The standard InChI is InChI=1S/C14H11N5O/c1-2-20-14-12-13(16-8-17-14)19(9-18-12)11-5-3-10(7-15)4-6-11/h3-6,8-9H,2H2,1H3. The Morgan fingerprint density at radius 2 is 2.00 bits per heavy atom. The third kappa shape index (κ3) is 1.95. The molecule has 1 aromatic carbocycles. The summed E-state index contributed by atoms with van der Waals surface area (Å²) in [5, 5.41) is 8.82. The zero-order valence-electron chi connectivity index (χ0n) is 10.8. The minimum absolute atomic E-state index is 0.477. The molecule has 0 N–H and O–H groups in total. The molecule has 6 nitrogen and oxygen atoms in total. The van der Waals surface area contributed by atoms with Crippen molar-refractivity contribution in [3.8, 4) is 17.6 Å². The molecule has 0 atom stereocenters. The molecule has 2 heterocycles. The van der Waals surface area contributed by atoms with E-state index in [1.165, 1.54) is 6.33 Å². The number of aromatic nitrogens is 4. The Bertz CT molecular complexity index is 785. The van der Waals surface area contributed by atoms with Gasteiger partial charge in [0.25, 0.3) is 0 Å². The molecule has 0 radical (unpaired) electrons. The van der Waals surface area contributed by atoms with Gasteiger partial charge in [-0.05, 0) is 31.2 Å². The summed E-state index contributed by atoms with van der Waals surface area (Å²) in [5.41, 5.74) is 2.79. The van der Waals surface area contributed by atoms with Crippen LogP contribution in [0.5, 0.6) is 5.88 Å². The van der Waals surface area contributed by atoms with Crippen LogP contribution in [0.3, 0.4) is 0 Å². The van der Waals surface area contributed by atoms with Crippen molar-refractivity contribution < 1.29 is 4.74 Å². The number of ether oxygens (including phenoxy) is 1. The summed E-state index contributed by atoms with van der Waals surface area (Å²) in [5.74, 6) is 0.477. The van der Waals surface area contributed by atoms with Crippen LogP contribution in [0.1, 0.15) is 12.5 Å². The Hall–Kier alpha value is -2.94. The molecule has 6 heteroatoms. The number of hydrogen-bond acceptors (Lipinski definition) is 5. The van der Waals surface area contributed by atoms with Crippen molar-refractivity contribution in [1.29, 1.82) is 5.26 Å². The fourth-order valence-corrected chi connectivity index (χ4v) is 1.94. The van der Waals surface area contributed by atoms with E-state index in [1.807, 2.05) is 23.6 Å². The van der Waals surface area contributed by atoms with Crippen LogP contribution in [0.2, 0.25) is 0 Å². The third-order valence-corrected chi connectivity index (χ3v) is 2.86. The molecule has 0 aliphatic heterocycles. The minimum Gasteiger partial charge on any atom is -0.476 e. The monoisotopic (exact) mass is 265 g/mol. The second kappa shape index (κ2) is 4.97. The van der Waals surface area contributed by atoms with Gasteiger partial charge in [0.05, 0.1) is 18.2 Å². The number of hydrogen-bond donors (Lipinski definition) is 0. The molecule has 20 heavy (non-hydrogen) atoms. The van der Waals surface area contributed by atoms with Gasteiger partial charge in [-0.1, -0.05) is 0 Å². The van der Waals surface area contributed by atoms with Crippen molar-refractivity contribution in [2.75, 3.05) is 6.61 Å². The van der Waals surface area contributed by atoms with Crippen molar-refractivity contribution in [3.05, 3.63) is 42.5 Å². The van der Waals surface area contributed by atoms with E-state index < -0.39 is 0 Å². The number of fused-ring (bicyclic) bond motifs is 1. The van der Waals surface area contributed by atoms with Gasteiger partial charge in [0.15, 0.2) is 11.2 Å². The van der Waals surface area contributed by atoms with Crippen LogP contribution in [0.15, 0.2) is 36.9 Å². The molecule has 0 amide bonds. The van der Waals surface area contributed by atoms with E-state index in [4.69, 9.17) is 10.00 Å². The molecule has 0 spiro atoms. The highest BCUT2D eigenvalue weighted by Crippen LogP contribution is 2.22. The van der Waals surface area contributed by atoms with Gasteiger partial charge in [-0.25, -0.2) is 9.97 Å². The lowest BCUT2D eigenvalue weighted by Gasteiger charge is -2.04. The van der Waals surface area contributed by atoms with Gasteiger partial charge in [0.2, 0.25) is 5.88 Å². The Kier molecular flexibility index (Phi) is 3.01. The lowest BCUT2D eigenvalue weighted by Crippen LogP contribution is -1.98.